The smallest absolute Gasteiger partial charge is 0.263 e. The molecule has 1 aliphatic heterocycles. The first kappa shape index (κ1) is 30.9. The van der Waals surface area contributed by atoms with E-state index in [1.807, 2.05) is 27.7 Å². The normalized spacial score (nSPS) is 19.0. The zero-order valence-electron chi connectivity index (χ0n) is 22.3. The van der Waals surface area contributed by atoms with Gasteiger partial charge in [-0.25, -0.2) is 13.2 Å². The molecule has 2 N–H and O–H groups in total. The van der Waals surface area contributed by atoms with E-state index in [4.69, 9.17) is 9.47 Å². The summed E-state index contributed by atoms with van der Waals surface area (Å²) in [4.78, 5) is 14.5. The van der Waals surface area contributed by atoms with Crippen LogP contribution in [-0.4, -0.2) is 41.9 Å². The Morgan fingerprint density at radius 3 is 2.50 bits per heavy atom. The van der Waals surface area contributed by atoms with Crippen molar-refractivity contribution in [2.24, 2.45) is 0 Å². The molecule has 4 rings (SSSR count). The molecule has 0 saturated carbocycles. The number of amides is 1. The van der Waals surface area contributed by atoms with Gasteiger partial charge < -0.3 is 19.5 Å². The molecule has 0 bridgehead atoms. The fraction of sp³-hybridized carbons (Fsp3) is 0.429. The van der Waals surface area contributed by atoms with Crippen molar-refractivity contribution in [1.29, 1.82) is 0 Å². The SMILES string of the molecule is CCCC1(C)[C@H](CC)OCC(=O)N1c1cc(F)c(-c2cccc(C(F)F)c2)cc1OC.Cc1ccon1.O.[HH].[HH]. The van der Waals surface area contributed by atoms with Crippen LogP contribution in [0.2, 0.25) is 0 Å². The van der Waals surface area contributed by atoms with Gasteiger partial charge in [-0.3, -0.25) is 9.69 Å². The molecular formula is C28H39F3N2O5. The van der Waals surface area contributed by atoms with Crippen molar-refractivity contribution in [3.05, 3.63) is 65.8 Å². The molecule has 2 atom stereocenters. The number of carbonyl (C=O) groups excluding carboxylic acids is 1. The maximum atomic E-state index is 15.3. The molecule has 1 amide bonds. The molecule has 0 spiro atoms. The fourth-order valence-electron chi connectivity index (χ4n) is 4.81. The van der Waals surface area contributed by atoms with Crippen LogP contribution in [-0.2, 0) is 9.53 Å². The first-order chi connectivity index (χ1) is 17.7. The standard InChI is InChI=1S/C24H28F3NO3.C4H5NO.H2O.2H2/c1-5-10-24(3)21(6-2)31-14-22(29)28(24)19-13-18(25)17(12-20(19)30-4)15-8-7-9-16(11-15)23(26)27;1-4-2-3-6-5-4;;;/h7-9,11-13,21,23H,5-6,10,14H2,1-4H3;2-3H,1H3;1H2;2*1H/t21-,24?;;;;/m0..../s1. The molecule has 0 aliphatic carbocycles. The predicted molar refractivity (Wildman–Crippen MR) is 143 cm³/mol. The number of ether oxygens (including phenoxy) is 2. The Balaban J connectivity index is 0.00000150. The number of carbonyl (C=O) groups is 1. The second kappa shape index (κ2) is 13.4. The summed E-state index contributed by atoms with van der Waals surface area (Å²) in [6.07, 6.45) is 0.860. The number of aryl methyl sites for hydroxylation is 1. The molecule has 0 radical (unpaired) electrons. The maximum absolute atomic E-state index is 15.3. The molecule has 212 valence electrons. The minimum atomic E-state index is -2.66. The van der Waals surface area contributed by atoms with E-state index in [1.165, 1.54) is 37.4 Å². The summed E-state index contributed by atoms with van der Waals surface area (Å²) in [5.74, 6) is -0.592. The van der Waals surface area contributed by atoms with Crippen LogP contribution in [0.25, 0.3) is 11.1 Å². The minimum absolute atomic E-state index is 0. The molecule has 1 aromatic heterocycles. The van der Waals surface area contributed by atoms with Crippen LogP contribution in [0.1, 0.15) is 60.6 Å². The van der Waals surface area contributed by atoms with Gasteiger partial charge in [-0.15, -0.1) is 0 Å². The van der Waals surface area contributed by atoms with Gasteiger partial charge in [-0.1, -0.05) is 43.6 Å². The number of nitrogens with zero attached hydrogens (tertiary/aromatic N) is 2. The van der Waals surface area contributed by atoms with Crippen LogP contribution in [0.5, 0.6) is 5.75 Å². The van der Waals surface area contributed by atoms with Crippen molar-refractivity contribution in [3.8, 4) is 16.9 Å². The molecule has 10 heteroatoms. The average Bonchev–Trinajstić information content (AvgIpc) is 3.35. The van der Waals surface area contributed by atoms with Gasteiger partial charge in [0.25, 0.3) is 12.3 Å². The average molecular weight is 541 g/mol. The Hall–Kier alpha value is -3.37. The first-order valence-corrected chi connectivity index (χ1v) is 12.2. The van der Waals surface area contributed by atoms with E-state index in [2.05, 4.69) is 9.68 Å². The summed E-state index contributed by atoms with van der Waals surface area (Å²) in [6.45, 7) is 7.74. The number of halogens is 3. The molecule has 2 aromatic carbocycles. The van der Waals surface area contributed by atoms with Gasteiger partial charge in [-0.05, 0) is 44.4 Å². The van der Waals surface area contributed by atoms with Gasteiger partial charge >= 0.3 is 0 Å². The van der Waals surface area contributed by atoms with E-state index in [1.54, 1.807) is 23.3 Å². The highest BCUT2D eigenvalue weighted by atomic mass is 19.3. The van der Waals surface area contributed by atoms with Gasteiger partial charge in [0.05, 0.1) is 30.1 Å². The van der Waals surface area contributed by atoms with Crippen molar-refractivity contribution in [1.82, 2.24) is 5.16 Å². The van der Waals surface area contributed by atoms with Gasteiger partial charge in [0.2, 0.25) is 0 Å². The summed E-state index contributed by atoms with van der Waals surface area (Å²) in [7, 11) is 1.44. The van der Waals surface area contributed by atoms with Crippen molar-refractivity contribution < 1.29 is 40.3 Å². The number of hydrogen-bond acceptors (Lipinski definition) is 5. The van der Waals surface area contributed by atoms with Crippen molar-refractivity contribution in [2.75, 3.05) is 18.6 Å². The highest BCUT2D eigenvalue weighted by molar-refractivity contribution is 5.98. The number of methoxy groups -OCH3 is 1. The molecular weight excluding hydrogens is 501 g/mol. The zero-order chi connectivity index (χ0) is 27.2. The topological polar surface area (TPSA) is 96.3 Å². The molecule has 7 nitrogen and oxygen atoms in total. The Kier molecular flexibility index (Phi) is 10.9. The molecule has 1 saturated heterocycles. The van der Waals surface area contributed by atoms with Crippen LogP contribution in [0.4, 0.5) is 18.9 Å². The van der Waals surface area contributed by atoms with Crippen molar-refractivity contribution in [2.45, 2.75) is 65.0 Å². The number of hydrogen-bond donors (Lipinski definition) is 0. The summed E-state index contributed by atoms with van der Waals surface area (Å²) in [6, 6.07) is 10.1. The maximum Gasteiger partial charge on any atom is 0.263 e. The van der Waals surface area contributed by atoms with Gasteiger partial charge in [0.1, 0.15) is 24.4 Å². The van der Waals surface area contributed by atoms with Crippen molar-refractivity contribution >= 4 is 11.6 Å². The lowest BCUT2D eigenvalue weighted by Crippen LogP contribution is -2.63. The van der Waals surface area contributed by atoms with E-state index >= 15 is 4.39 Å². The lowest BCUT2D eigenvalue weighted by Gasteiger charge is -2.49. The van der Waals surface area contributed by atoms with E-state index in [0.29, 0.717) is 29.8 Å². The van der Waals surface area contributed by atoms with E-state index < -0.39 is 17.8 Å². The van der Waals surface area contributed by atoms with E-state index in [0.717, 1.165) is 12.1 Å². The molecule has 1 aliphatic rings. The monoisotopic (exact) mass is 540 g/mol. The second-order valence-electron chi connectivity index (χ2n) is 9.12. The molecule has 1 fully saturated rings. The Morgan fingerprint density at radius 2 is 1.97 bits per heavy atom. The highest BCUT2D eigenvalue weighted by Gasteiger charge is 2.47. The molecule has 3 aromatic rings. The number of aromatic nitrogens is 1. The van der Waals surface area contributed by atoms with Crippen LogP contribution in [0, 0.1) is 12.7 Å². The number of benzene rings is 2. The summed E-state index contributed by atoms with van der Waals surface area (Å²) >= 11 is 0. The Bertz CT molecular complexity index is 1200. The second-order valence-corrected chi connectivity index (χ2v) is 9.12. The van der Waals surface area contributed by atoms with Gasteiger partial charge in [-0.2, -0.15) is 0 Å². The number of rotatable bonds is 7. The minimum Gasteiger partial charge on any atom is -0.495 e. The first-order valence-electron chi connectivity index (χ1n) is 12.2. The fourth-order valence-corrected chi connectivity index (χ4v) is 4.81. The quantitative estimate of drug-likeness (QED) is 0.329. The third-order valence-electron chi connectivity index (χ3n) is 6.51. The summed E-state index contributed by atoms with van der Waals surface area (Å²) in [5.41, 5.74) is 0.829. The molecule has 38 heavy (non-hydrogen) atoms. The van der Waals surface area contributed by atoms with Crippen LogP contribution in [0.3, 0.4) is 0 Å². The van der Waals surface area contributed by atoms with Crippen LogP contribution >= 0.6 is 0 Å². The number of anilines is 1. The number of alkyl halides is 2. The Morgan fingerprint density at radius 1 is 1.24 bits per heavy atom. The third-order valence-corrected chi connectivity index (χ3v) is 6.51. The summed E-state index contributed by atoms with van der Waals surface area (Å²) in [5, 5.41) is 3.54. The zero-order valence-corrected chi connectivity index (χ0v) is 22.3. The van der Waals surface area contributed by atoms with Gasteiger partial charge in [0, 0.05) is 26.1 Å². The largest absolute Gasteiger partial charge is 0.495 e. The third kappa shape index (κ3) is 6.54. The highest BCUT2D eigenvalue weighted by Crippen LogP contribution is 2.43. The lowest BCUT2D eigenvalue weighted by molar-refractivity contribution is -0.137. The molecule has 2 heterocycles. The van der Waals surface area contributed by atoms with Gasteiger partial charge in [0.15, 0.2) is 0 Å². The van der Waals surface area contributed by atoms with Crippen LogP contribution < -0.4 is 9.64 Å². The number of morpholine rings is 1. The predicted octanol–water partition coefficient (Wildman–Crippen LogP) is 6.79. The van der Waals surface area contributed by atoms with Crippen LogP contribution in [0.15, 0.2) is 53.3 Å². The Labute approximate surface area is 223 Å². The van der Waals surface area contributed by atoms with E-state index in [-0.39, 0.29) is 38.1 Å². The summed E-state index contributed by atoms with van der Waals surface area (Å²) < 4.78 is 57.3. The lowest BCUT2D eigenvalue weighted by atomic mass is 9.83. The van der Waals surface area contributed by atoms with Crippen molar-refractivity contribution in [3.63, 3.8) is 0 Å². The molecule has 1 unspecified atom stereocenters. The van der Waals surface area contributed by atoms with E-state index in [9.17, 15) is 13.6 Å².